The number of halogens is 1. The molecule has 0 fully saturated rings. The van der Waals surface area contributed by atoms with E-state index in [-0.39, 0.29) is 10.0 Å². The van der Waals surface area contributed by atoms with Gasteiger partial charge in [0, 0.05) is 11.0 Å². The summed E-state index contributed by atoms with van der Waals surface area (Å²) in [6, 6.07) is 5.18. The first-order valence-electron chi connectivity index (χ1n) is 5.25. The number of benzene rings is 1. The van der Waals surface area contributed by atoms with Crippen molar-refractivity contribution >= 4 is 42.4 Å². The highest BCUT2D eigenvalue weighted by atomic mass is 79.9. The Bertz CT molecular complexity index is 658. The average Bonchev–Trinajstić information content (AvgIpc) is 2.84. The zero-order valence-electron chi connectivity index (χ0n) is 9.92. The van der Waals surface area contributed by atoms with Crippen LogP contribution in [0.2, 0.25) is 0 Å². The zero-order chi connectivity index (χ0) is 13.9. The van der Waals surface area contributed by atoms with Gasteiger partial charge < -0.3 is 5.32 Å². The molecule has 0 unspecified atom stereocenters. The highest BCUT2D eigenvalue weighted by Crippen LogP contribution is 2.25. The number of nitrogens with one attached hydrogen (secondary N) is 2. The van der Waals surface area contributed by atoms with Gasteiger partial charge in [-0.25, -0.2) is 8.42 Å². The van der Waals surface area contributed by atoms with E-state index in [1.807, 2.05) is 6.07 Å². The van der Waals surface area contributed by atoms with E-state index in [4.69, 9.17) is 0 Å². The SMILES string of the molecule is CNCc1ccc(Br)c(S(=O)(=O)Nc2nncs2)c1. The maximum absolute atomic E-state index is 12.3. The van der Waals surface area contributed by atoms with Gasteiger partial charge in [-0.1, -0.05) is 17.4 Å². The molecule has 0 spiro atoms. The van der Waals surface area contributed by atoms with Crippen LogP contribution < -0.4 is 10.0 Å². The quantitative estimate of drug-likeness (QED) is 0.847. The summed E-state index contributed by atoms with van der Waals surface area (Å²) in [6.45, 7) is 0.592. The average molecular weight is 363 g/mol. The molecule has 0 amide bonds. The Morgan fingerprint density at radius 2 is 2.21 bits per heavy atom. The third-order valence-electron chi connectivity index (χ3n) is 2.25. The van der Waals surface area contributed by atoms with Gasteiger partial charge in [0.15, 0.2) is 0 Å². The van der Waals surface area contributed by atoms with Crippen LogP contribution in [0.4, 0.5) is 5.13 Å². The second-order valence-electron chi connectivity index (χ2n) is 3.64. The molecule has 0 saturated carbocycles. The predicted octanol–water partition coefficient (Wildman–Crippen LogP) is 1.82. The molecule has 1 aromatic carbocycles. The molecular weight excluding hydrogens is 352 g/mol. The summed E-state index contributed by atoms with van der Waals surface area (Å²) >= 11 is 4.37. The van der Waals surface area contributed by atoms with E-state index in [0.717, 1.165) is 16.9 Å². The van der Waals surface area contributed by atoms with Gasteiger partial charge in [0.1, 0.15) is 10.4 Å². The summed E-state index contributed by atoms with van der Waals surface area (Å²) in [7, 11) is -1.87. The van der Waals surface area contributed by atoms with Crippen LogP contribution >= 0.6 is 27.3 Å². The first-order valence-corrected chi connectivity index (χ1v) is 8.40. The Morgan fingerprint density at radius 1 is 1.42 bits per heavy atom. The van der Waals surface area contributed by atoms with E-state index >= 15 is 0 Å². The largest absolute Gasteiger partial charge is 0.316 e. The molecule has 19 heavy (non-hydrogen) atoms. The second kappa shape index (κ2) is 5.95. The Hall–Kier alpha value is -1.03. The van der Waals surface area contributed by atoms with Crippen LogP contribution in [0.15, 0.2) is 33.1 Å². The van der Waals surface area contributed by atoms with Crippen LogP contribution in [-0.2, 0) is 16.6 Å². The van der Waals surface area contributed by atoms with Gasteiger partial charge in [-0.3, -0.25) is 4.72 Å². The summed E-state index contributed by atoms with van der Waals surface area (Å²) < 4.78 is 27.4. The lowest BCUT2D eigenvalue weighted by molar-refractivity contribution is 0.600. The number of hydrogen-bond donors (Lipinski definition) is 2. The molecule has 1 aromatic heterocycles. The smallest absolute Gasteiger partial charge is 0.264 e. The summed E-state index contributed by atoms with van der Waals surface area (Å²) in [6.07, 6.45) is 0. The minimum absolute atomic E-state index is 0.176. The van der Waals surface area contributed by atoms with Crippen LogP contribution in [0.5, 0.6) is 0 Å². The van der Waals surface area contributed by atoms with E-state index in [9.17, 15) is 8.42 Å². The van der Waals surface area contributed by atoms with E-state index in [1.54, 1.807) is 19.2 Å². The Kier molecular flexibility index (Phi) is 4.50. The number of hydrogen-bond acceptors (Lipinski definition) is 6. The molecule has 0 saturated heterocycles. The molecule has 102 valence electrons. The number of anilines is 1. The molecule has 0 aliphatic heterocycles. The number of rotatable bonds is 5. The standard InChI is InChI=1S/C10H11BrN4O2S2/c1-12-5-7-2-3-8(11)9(4-7)19(16,17)15-10-14-13-6-18-10/h2-4,6,12H,5H2,1H3,(H,14,15). The topological polar surface area (TPSA) is 84.0 Å². The summed E-state index contributed by atoms with van der Waals surface area (Å²) in [5.74, 6) is 0. The molecule has 9 heteroatoms. The molecule has 2 N–H and O–H groups in total. The van der Waals surface area contributed by atoms with Crippen LogP contribution in [-0.4, -0.2) is 25.7 Å². The van der Waals surface area contributed by atoms with Crippen LogP contribution in [0, 0.1) is 0 Å². The lowest BCUT2D eigenvalue weighted by atomic mass is 10.2. The van der Waals surface area contributed by atoms with Gasteiger partial charge in [-0.15, -0.1) is 10.2 Å². The van der Waals surface area contributed by atoms with Crippen molar-refractivity contribution in [3.05, 3.63) is 33.7 Å². The molecule has 1 heterocycles. The van der Waals surface area contributed by atoms with E-state index in [1.165, 1.54) is 5.51 Å². The normalized spacial score (nSPS) is 11.5. The van der Waals surface area contributed by atoms with Crippen molar-refractivity contribution < 1.29 is 8.42 Å². The molecule has 2 rings (SSSR count). The highest BCUT2D eigenvalue weighted by molar-refractivity contribution is 9.10. The van der Waals surface area contributed by atoms with E-state index in [2.05, 4.69) is 36.2 Å². The van der Waals surface area contributed by atoms with Gasteiger partial charge in [0.05, 0.1) is 0 Å². The van der Waals surface area contributed by atoms with Gasteiger partial charge in [0.25, 0.3) is 10.0 Å². The fourth-order valence-electron chi connectivity index (χ4n) is 1.46. The summed E-state index contributed by atoms with van der Waals surface area (Å²) in [4.78, 5) is 0.176. The number of sulfonamides is 1. The molecule has 0 atom stereocenters. The Balaban J connectivity index is 2.36. The maximum atomic E-state index is 12.3. The molecule has 2 aromatic rings. The molecular formula is C10H11BrN4O2S2. The maximum Gasteiger partial charge on any atom is 0.264 e. The van der Waals surface area contributed by atoms with Crippen molar-refractivity contribution in [3.63, 3.8) is 0 Å². The minimum Gasteiger partial charge on any atom is -0.316 e. The molecule has 0 bridgehead atoms. The van der Waals surface area contributed by atoms with Crippen molar-refractivity contribution in [2.45, 2.75) is 11.4 Å². The third-order valence-corrected chi connectivity index (χ3v) is 5.32. The molecule has 6 nitrogen and oxygen atoms in total. The van der Waals surface area contributed by atoms with Crippen molar-refractivity contribution in [2.24, 2.45) is 0 Å². The van der Waals surface area contributed by atoms with Gasteiger partial charge in [0.2, 0.25) is 5.13 Å². The van der Waals surface area contributed by atoms with Crippen molar-refractivity contribution in [1.29, 1.82) is 0 Å². The van der Waals surface area contributed by atoms with Crippen LogP contribution in [0.25, 0.3) is 0 Å². The summed E-state index contributed by atoms with van der Waals surface area (Å²) in [5, 5.41) is 10.5. The lowest BCUT2D eigenvalue weighted by Crippen LogP contribution is -2.14. The molecule has 0 aliphatic rings. The van der Waals surface area contributed by atoms with Gasteiger partial charge >= 0.3 is 0 Å². The number of aromatic nitrogens is 2. The minimum atomic E-state index is -3.67. The first-order chi connectivity index (χ1) is 9.03. The van der Waals surface area contributed by atoms with Crippen molar-refractivity contribution in [2.75, 3.05) is 11.8 Å². The van der Waals surface area contributed by atoms with Gasteiger partial charge in [-0.05, 0) is 40.7 Å². The fraction of sp³-hybridized carbons (Fsp3) is 0.200. The van der Waals surface area contributed by atoms with E-state index in [0.29, 0.717) is 11.0 Å². The van der Waals surface area contributed by atoms with Crippen LogP contribution in [0.3, 0.4) is 0 Å². The monoisotopic (exact) mass is 362 g/mol. The summed E-state index contributed by atoms with van der Waals surface area (Å²) in [5.41, 5.74) is 2.34. The lowest BCUT2D eigenvalue weighted by Gasteiger charge is -2.09. The molecule has 0 radical (unpaired) electrons. The van der Waals surface area contributed by atoms with Crippen molar-refractivity contribution in [3.8, 4) is 0 Å². The van der Waals surface area contributed by atoms with Crippen molar-refractivity contribution in [1.82, 2.24) is 15.5 Å². The third kappa shape index (κ3) is 3.50. The van der Waals surface area contributed by atoms with E-state index < -0.39 is 10.0 Å². The second-order valence-corrected chi connectivity index (χ2v) is 6.98. The van der Waals surface area contributed by atoms with Crippen LogP contribution in [0.1, 0.15) is 5.56 Å². The Labute approximate surface area is 123 Å². The van der Waals surface area contributed by atoms with Gasteiger partial charge in [-0.2, -0.15) is 0 Å². The Morgan fingerprint density at radius 3 is 2.84 bits per heavy atom. The predicted molar refractivity (Wildman–Crippen MR) is 77.6 cm³/mol. The zero-order valence-corrected chi connectivity index (χ0v) is 13.1. The molecule has 0 aliphatic carbocycles. The first kappa shape index (κ1) is 14.4. The fourth-order valence-corrected chi connectivity index (χ4v) is 4.16. The number of nitrogens with zero attached hydrogens (tertiary/aromatic N) is 2. The highest BCUT2D eigenvalue weighted by Gasteiger charge is 2.19.